The van der Waals surface area contributed by atoms with Gasteiger partial charge < -0.3 is 15.4 Å². The molecule has 1 aliphatic rings. The van der Waals surface area contributed by atoms with Crippen molar-refractivity contribution >= 4 is 11.6 Å². The number of carbonyl (C=O) groups is 1. The van der Waals surface area contributed by atoms with Gasteiger partial charge in [-0.2, -0.15) is 0 Å². The number of nitrogens with zero attached hydrogens (tertiary/aromatic N) is 1. The molecular formula is C15H22N2O2. The summed E-state index contributed by atoms with van der Waals surface area (Å²) in [5, 5.41) is 0. The van der Waals surface area contributed by atoms with Crippen LogP contribution in [0, 0.1) is 0 Å². The van der Waals surface area contributed by atoms with Crippen LogP contribution < -0.4 is 5.73 Å². The fraction of sp³-hybridized carbons (Fsp3) is 0.533. The number of hydrogen-bond acceptors (Lipinski definition) is 3. The molecule has 0 atom stereocenters. The summed E-state index contributed by atoms with van der Waals surface area (Å²) in [4.78, 5) is 14.1. The summed E-state index contributed by atoms with van der Waals surface area (Å²) in [5.41, 5.74) is 7.41. The van der Waals surface area contributed by atoms with E-state index in [0.29, 0.717) is 18.2 Å². The Kier molecular flexibility index (Phi) is 4.80. The molecule has 0 aromatic heterocycles. The van der Waals surface area contributed by atoms with E-state index in [1.165, 1.54) is 0 Å². The molecule has 0 spiro atoms. The lowest BCUT2D eigenvalue weighted by Gasteiger charge is -2.31. The van der Waals surface area contributed by atoms with Crippen molar-refractivity contribution in [1.29, 1.82) is 0 Å². The van der Waals surface area contributed by atoms with Crippen LogP contribution in [0.3, 0.4) is 0 Å². The second kappa shape index (κ2) is 6.57. The van der Waals surface area contributed by atoms with Gasteiger partial charge in [0, 0.05) is 25.4 Å². The maximum atomic E-state index is 12.2. The second-order valence-electron chi connectivity index (χ2n) is 4.96. The first-order valence-electron chi connectivity index (χ1n) is 6.93. The fourth-order valence-electron chi connectivity index (χ4n) is 2.50. The molecule has 4 heteroatoms. The Bertz CT molecular complexity index is 426. The van der Waals surface area contributed by atoms with Crippen LogP contribution in [0.1, 0.15) is 25.3 Å². The third-order valence-electron chi connectivity index (χ3n) is 3.50. The summed E-state index contributed by atoms with van der Waals surface area (Å²) >= 11 is 0. The van der Waals surface area contributed by atoms with Gasteiger partial charge in [-0.3, -0.25) is 4.79 Å². The van der Waals surface area contributed by atoms with Gasteiger partial charge in [-0.25, -0.2) is 0 Å². The first-order valence-corrected chi connectivity index (χ1v) is 6.93. The molecule has 1 aromatic rings. The maximum Gasteiger partial charge on any atom is 0.226 e. The van der Waals surface area contributed by atoms with Crippen LogP contribution >= 0.6 is 0 Å². The summed E-state index contributed by atoms with van der Waals surface area (Å²) in [7, 11) is 0. The predicted molar refractivity (Wildman–Crippen MR) is 75.8 cm³/mol. The average Bonchev–Trinajstić information content (AvgIpc) is 2.40. The van der Waals surface area contributed by atoms with Crippen molar-refractivity contribution in [3.05, 3.63) is 29.8 Å². The average molecular weight is 262 g/mol. The van der Waals surface area contributed by atoms with Gasteiger partial charge in [-0.15, -0.1) is 0 Å². The van der Waals surface area contributed by atoms with Crippen molar-refractivity contribution in [2.24, 2.45) is 0 Å². The van der Waals surface area contributed by atoms with Crippen molar-refractivity contribution in [2.45, 2.75) is 32.3 Å². The molecule has 2 N–H and O–H groups in total. The zero-order valence-corrected chi connectivity index (χ0v) is 11.5. The van der Waals surface area contributed by atoms with Gasteiger partial charge in [0.25, 0.3) is 0 Å². The Hall–Kier alpha value is -1.55. The van der Waals surface area contributed by atoms with E-state index in [0.717, 1.165) is 38.1 Å². The molecule has 4 nitrogen and oxygen atoms in total. The van der Waals surface area contributed by atoms with Gasteiger partial charge in [-0.1, -0.05) is 12.1 Å². The number of piperidine rings is 1. The third kappa shape index (κ3) is 3.96. The van der Waals surface area contributed by atoms with Crippen molar-refractivity contribution in [2.75, 3.05) is 25.4 Å². The van der Waals surface area contributed by atoms with Crippen LogP contribution in [0.25, 0.3) is 0 Å². The zero-order chi connectivity index (χ0) is 13.7. The third-order valence-corrected chi connectivity index (χ3v) is 3.50. The van der Waals surface area contributed by atoms with Gasteiger partial charge in [0.1, 0.15) is 0 Å². The molecule has 104 valence electrons. The molecule has 0 bridgehead atoms. The SMILES string of the molecule is CCOC1CCN(C(=O)Cc2cccc(N)c2)CC1. The summed E-state index contributed by atoms with van der Waals surface area (Å²) in [6.07, 6.45) is 2.64. The van der Waals surface area contributed by atoms with Crippen LogP contribution in [0.5, 0.6) is 0 Å². The highest BCUT2D eigenvalue weighted by Gasteiger charge is 2.22. The molecule has 0 aliphatic carbocycles. The van der Waals surface area contributed by atoms with Crippen LogP contribution in [0.4, 0.5) is 5.69 Å². The molecule has 0 radical (unpaired) electrons. The molecule has 1 amide bonds. The first-order chi connectivity index (χ1) is 9.19. The van der Waals surface area contributed by atoms with Gasteiger partial charge in [-0.05, 0) is 37.5 Å². The highest BCUT2D eigenvalue weighted by molar-refractivity contribution is 5.79. The van der Waals surface area contributed by atoms with E-state index in [4.69, 9.17) is 10.5 Å². The first kappa shape index (κ1) is 13.9. The molecule has 1 saturated heterocycles. The molecule has 2 rings (SSSR count). The monoisotopic (exact) mass is 262 g/mol. The van der Waals surface area contributed by atoms with Gasteiger partial charge in [0.05, 0.1) is 12.5 Å². The quantitative estimate of drug-likeness (QED) is 0.842. The number of amides is 1. The molecule has 0 unspecified atom stereocenters. The summed E-state index contributed by atoms with van der Waals surface area (Å²) in [6, 6.07) is 7.53. The van der Waals surface area contributed by atoms with E-state index >= 15 is 0 Å². The summed E-state index contributed by atoms with van der Waals surface area (Å²) < 4.78 is 5.59. The molecule has 1 fully saturated rings. The Morgan fingerprint density at radius 3 is 2.79 bits per heavy atom. The highest BCUT2D eigenvalue weighted by Crippen LogP contribution is 2.15. The molecule has 19 heavy (non-hydrogen) atoms. The number of ether oxygens (including phenoxy) is 1. The minimum absolute atomic E-state index is 0.181. The number of rotatable bonds is 4. The Balaban J connectivity index is 1.84. The van der Waals surface area contributed by atoms with Gasteiger partial charge >= 0.3 is 0 Å². The van der Waals surface area contributed by atoms with Crippen molar-refractivity contribution in [1.82, 2.24) is 4.90 Å². The number of nitrogen functional groups attached to an aromatic ring is 1. The molecular weight excluding hydrogens is 240 g/mol. The normalized spacial score (nSPS) is 16.6. The predicted octanol–water partition coefficient (Wildman–Crippen LogP) is 1.84. The minimum Gasteiger partial charge on any atom is -0.399 e. The van der Waals surface area contributed by atoms with Crippen molar-refractivity contribution < 1.29 is 9.53 Å². The van der Waals surface area contributed by atoms with E-state index in [9.17, 15) is 4.79 Å². The smallest absolute Gasteiger partial charge is 0.226 e. The number of carbonyl (C=O) groups excluding carboxylic acids is 1. The molecule has 1 heterocycles. The number of hydrogen-bond donors (Lipinski definition) is 1. The lowest BCUT2D eigenvalue weighted by molar-refractivity contribution is -0.133. The van der Waals surface area contributed by atoms with E-state index in [-0.39, 0.29) is 5.91 Å². The van der Waals surface area contributed by atoms with E-state index in [2.05, 4.69) is 0 Å². The number of benzene rings is 1. The Morgan fingerprint density at radius 2 is 2.16 bits per heavy atom. The minimum atomic E-state index is 0.181. The summed E-state index contributed by atoms with van der Waals surface area (Å²) in [6.45, 7) is 4.36. The van der Waals surface area contributed by atoms with Crippen molar-refractivity contribution in [3.8, 4) is 0 Å². The van der Waals surface area contributed by atoms with Crippen molar-refractivity contribution in [3.63, 3.8) is 0 Å². The Labute approximate surface area is 114 Å². The molecule has 0 saturated carbocycles. The van der Waals surface area contributed by atoms with E-state index < -0.39 is 0 Å². The van der Waals surface area contributed by atoms with Crippen LogP contribution in [0.15, 0.2) is 24.3 Å². The van der Waals surface area contributed by atoms with Crippen LogP contribution in [-0.4, -0.2) is 36.6 Å². The lowest BCUT2D eigenvalue weighted by atomic mass is 10.1. The highest BCUT2D eigenvalue weighted by atomic mass is 16.5. The summed E-state index contributed by atoms with van der Waals surface area (Å²) in [5.74, 6) is 0.181. The van der Waals surface area contributed by atoms with Crippen LogP contribution in [0.2, 0.25) is 0 Å². The fourth-order valence-corrected chi connectivity index (χ4v) is 2.50. The van der Waals surface area contributed by atoms with E-state index in [1.807, 2.05) is 36.1 Å². The number of likely N-dealkylation sites (tertiary alicyclic amines) is 1. The molecule has 1 aliphatic heterocycles. The topological polar surface area (TPSA) is 55.6 Å². The number of nitrogens with two attached hydrogens (primary N) is 1. The number of anilines is 1. The van der Waals surface area contributed by atoms with Gasteiger partial charge in [0.2, 0.25) is 5.91 Å². The Morgan fingerprint density at radius 1 is 1.42 bits per heavy atom. The van der Waals surface area contributed by atoms with Gasteiger partial charge in [0.15, 0.2) is 0 Å². The largest absolute Gasteiger partial charge is 0.399 e. The lowest BCUT2D eigenvalue weighted by Crippen LogP contribution is -2.41. The van der Waals surface area contributed by atoms with Crippen LogP contribution in [-0.2, 0) is 16.0 Å². The standard InChI is InChI=1S/C15H22N2O2/c1-2-19-14-6-8-17(9-7-14)15(18)11-12-4-3-5-13(16)10-12/h3-5,10,14H,2,6-9,11,16H2,1H3. The maximum absolute atomic E-state index is 12.2. The molecule has 1 aromatic carbocycles. The zero-order valence-electron chi connectivity index (χ0n) is 11.5. The second-order valence-corrected chi connectivity index (χ2v) is 4.96. The van der Waals surface area contributed by atoms with E-state index in [1.54, 1.807) is 0 Å².